The molecule has 2 fully saturated rings. The van der Waals surface area contributed by atoms with E-state index in [2.05, 4.69) is 25.2 Å². The molecule has 0 aromatic rings. The summed E-state index contributed by atoms with van der Waals surface area (Å²) in [5, 5.41) is 23.3. The lowest BCUT2D eigenvalue weighted by molar-refractivity contribution is -0.150. The molecule has 2 rings (SSSR count). The van der Waals surface area contributed by atoms with Crippen molar-refractivity contribution >= 4 is 11.8 Å². The Balaban J connectivity index is 2.10. The van der Waals surface area contributed by atoms with Crippen molar-refractivity contribution in [2.45, 2.75) is 71.4 Å². The maximum atomic E-state index is 12.9. The fraction of sp³-hybridized carbons (Fsp3) is 0.870. The summed E-state index contributed by atoms with van der Waals surface area (Å²) >= 11 is 0. The number of nitrogens with one attached hydrogen (secondary N) is 1. The van der Waals surface area contributed by atoms with Crippen molar-refractivity contribution in [3.63, 3.8) is 0 Å². The van der Waals surface area contributed by atoms with E-state index >= 15 is 0 Å². The molecule has 0 spiro atoms. The van der Waals surface area contributed by atoms with Gasteiger partial charge in [0.1, 0.15) is 0 Å². The van der Waals surface area contributed by atoms with Crippen LogP contribution in [0.2, 0.25) is 0 Å². The summed E-state index contributed by atoms with van der Waals surface area (Å²) < 4.78 is 5.00. The smallest absolute Gasteiger partial charge is 0.225 e. The molecule has 0 bridgehead atoms. The molecule has 2 aliphatic rings. The Labute approximate surface area is 181 Å². The van der Waals surface area contributed by atoms with E-state index in [0.29, 0.717) is 26.0 Å². The fourth-order valence-electron chi connectivity index (χ4n) is 5.83. The van der Waals surface area contributed by atoms with Crippen LogP contribution in [0.4, 0.5) is 0 Å². The van der Waals surface area contributed by atoms with Gasteiger partial charge in [-0.3, -0.25) is 9.59 Å². The van der Waals surface area contributed by atoms with Crippen LogP contribution in [0.25, 0.3) is 0 Å². The van der Waals surface area contributed by atoms with Crippen LogP contribution in [0.5, 0.6) is 0 Å². The number of ether oxygens (including phenoxy) is 1. The van der Waals surface area contributed by atoms with Crippen molar-refractivity contribution in [3.8, 4) is 6.07 Å². The average molecular weight is 422 g/mol. The summed E-state index contributed by atoms with van der Waals surface area (Å²) in [7, 11) is 3.31. The number of nitrogens with zero attached hydrogens (tertiary/aromatic N) is 2. The Bertz CT molecular complexity index is 649. The largest absolute Gasteiger partial charge is 0.392 e. The molecule has 170 valence electrons. The second-order valence-corrected chi connectivity index (χ2v) is 9.64. The molecule has 2 amide bonds. The van der Waals surface area contributed by atoms with Gasteiger partial charge >= 0.3 is 0 Å². The van der Waals surface area contributed by atoms with Gasteiger partial charge in [-0.05, 0) is 48.9 Å². The van der Waals surface area contributed by atoms with Crippen LogP contribution in [-0.2, 0) is 14.3 Å². The van der Waals surface area contributed by atoms with Gasteiger partial charge < -0.3 is 20.1 Å². The van der Waals surface area contributed by atoms with Crippen molar-refractivity contribution in [1.82, 2.24) is 10.2 Å². The number of hydrogen-bond donors (Lipinski definition) is 2. The topological polar surface area (TPSA) is 103 Å². The van der Waals surface area contributed by atoms with Crippen LogP contribution in [0.1, 0.15) is 59.3 Å². The van der Waals surface area contributed by atoms with Gasteiger partial charge in [-0.2, -0.15) is 5.26 Å². The molecule has 0 radical (unpaired) electrons. The molecule has 0 aliphatic heterocycles. The normalized spacial score (nSPS) is 34.4. The van der Waals surface area contributed by atoms with Crippen molar-refractivity contribution in [2.24, 2.45) is 29.1 Å². The highest BCUT2D eigenvalue weighted by atomic mass is 16.5. The minimum atomic E-state index is -0.583. The van der Waals surface area contributed by atoms with Crippen molar-refractivity contribution in [3.05, 3.63) is 0 Å². The summed E-state index contributed by atoms with van der Waals surface area (Å²) in [5.74, 6) is -0.251. The number of amides is 2. The number of aliphatic hydroxyl groups excluding tert-OH is 1. The summed E-state index contributed by atoms with van der Waals surface area (Å²) in [5.41, 5.74) is 0.0264. The molecule has 0 saturated heterocycles. The highest BCUT2D eigenvalue weighted by molar-refractivity contribution is 5.78. The van der Waals surface area contributed by atoms with Crippen molar-refractivity contribution in [1.29, 1.82) is 5.26 Å². The molecule has 7 heteroatoms. The summed E-state index contributed by atoms with van der Waals surface area (Å²) in [6.07, 6.45) is 3.75. The van der Waals surface area contributed by atoms with E-state index in [4.69, 9.17) is 10.00 Å². The Kier molecular flexibility index (Phi) is 8.69. The van der Waals surface area contributed by atoms with Gasteiger partial charge in [0.2, 0.25) is 11.8 Å². The molecule has 0 aromatic carbocycles. The number of carbonyl (C=O) groups is 2. The van der Waals surface area contributed by atoms with Crippen LogP contribution < -0.4 is 5.32 Å². The Morgan fingerprint density at radius 3 is 2.67 bits per heavy atom. The first-order chi connectivity index (χ1) is 14.2. The second kappa shape index (κ2) is 10.6. The average Bonchev–Trinajstić information content (AvgIpc) is 2.71. The minimum absolute atomic E-state index is 0.00853. The monoisotopic (exact) mass is 421 g/mol. The minimum Gasteiger partial charge on any atom is -0.392 e. The highest BCUT2D eigenvalue weighted by Crippen LogP contribution is 2.55. The molecule has 1 unspecified atom stereocenters. The summed E-state index contributed by atoms with van der Waals surface area (Å²) in [4.78, 5) is 26.7. The molecule has 7 nitrogen and oxygen atoms in total. The van der Waals surface area contributed by atoms with Crippen LogP contribution in [-0.4, -0.2) is 61.3 Å². The zero-order valence-corrected chi connectivity index (χ0v) is 19.2. The van der Waals surface area contributed by atoms with Gasteiger partial charge in [0.15, 0.2) is 0 Å². The van der Waals surface area contributed by atoms with Gasteiger partial charge in [0.05, 0.1) is 25.2 Å². The maximum absolute atomic E-state index is 12.9. The third-order valence-electron chi connectivity index (χ3n) is 7.73. The number of fused-ring (bicyclic) bond motifs is 1. The van der Waals surface area contributed by atoms with Gasteiger partial charge in [0, 0.05) is 39.1 Å². The zero-order chi connectivity index (χ0) is 22.5. The first-order valence-electron chi connectivity index (χ1n) is 11.2. The maximum Gasteiger partial charge on any atom is 0.225 e. The Hall–Kier alpha value is -1.65. The molecule has 2 saturated carbocycles. The van der Waals surface area contributed by atoms with Crippen molar-refractivity contribution < 1.29 is 19.4 Å². The first-order valence-corrected chi connectivity index (χ1v) is 11.2. The molecule has 7 atom stereocenters. The van der Waals surface area contributed by atoms with Crippen LogP contribution in [0, 0.1) is 40.4 Å². The predicted octanol–water partition coefficient (Wildman–Crippen LogP) is 2.34. The molecule has 2 N–H and O–H groups in total. The number of methoxy groups -OCH3 is 1. The van der Waals surface area contributed by atoms with E-state index in [9.17, 15) is 14.7 Å². The van der Waals surface area contributed by atoms with Gasteiger partial charge in [-0.1, -0.05) is 20.8 Å². The lowest BCUT2D eigenvalue weighted by atomic mass is 9.51. The SMILES string of the molecule is COCCC(=O)N[C@H]1CC[C@]2(C)CCC([C@H](C)C(=O)N(C)CCC#N)[C@H](O)[C@H]2[C@@H]1C. The predicted molar refractivity (Wildman–Crippen MR) is 114 cm³/mol. The molecule has 0 aromatic heterocycles. The molecule has 0 heterocycles. The number of carbonyl (C=O) groups excluding carboxylic acids is 2. The van der Waals surface area contributed by atoms with Gasteiger partial charge in [-0.15, -0.1) is 0 Å². The standard InChI is InChI=1S/C23H39N3O4/c1-15(22(29)26(4)13-6-12-24)17-7-10-23(3)11-8-18(16(2)20(23)21(17)28)25-19(27)9-14-30-5/h15-18,20-21,28H,6-11,13-14H2,1-5H3,(H,25,27)/t15-,16+,17?,18-,20+,21-,23-/m0/s1. The third kappa shape index (κ3) is 5.33. The van der Waals surface area contributed by atoms with E-state index in [0.717, 1.165) is 25.7 Å². The summed E-state index contributed by atoms with van der Waals surface area (Å²) in [6, 6.07) is 2.11. The lowest BCUT2D eigenvalue weighted by Gasteiger charge is -2.56. The van der Waals surface area contributed by atoms with E-state index in [1.165, 1.54) is 0 Å². The first kappa shape index (κ1) is 24.6. The lowest BCUT2D eigenvalue weighted by Crippen LogP contribution is -2.58. The number of nitriles is 1. The molecule has 30 heavy (non-hydrogen) atoms. The molecule has 2 aliphatic carbocycles. The van der Waals surface area contributed by atoms with Crippen LogP contribution >= 0.6 is 0 Å². The summed E-state index contributed by atoms with van der Waals surface area (Å²) in [6.45, 7) is 7.09. The van der Waals surface area contributed by atoms with E-state index in [-0.39, 0.29) is 46.9 Å². The van der Waals surface area contributed by atoms with E-state index in [1.54, 1.807) is 19.1 Å². The Morgan fingerprint density at radius 1 is 1.37 bits per heavy atom. The second-order valence-electron chi connectivity index (χ2n) is 9.64. The zero-order valence-electron chi connectivity index (χ0n) is 19.2. The van der Waals surface area contributed by atoms with E-state index in [1.807, 2.05) is 6.92 Å². The number of aliphatic hydroxyl groups is 1. The highest BCUT2D eigenvalue weighted by Gasteiger charge is 2.54. The van der Waals surface area contributed by atoms with Gasteiger partial charge in [-0.25, -0.2) is 0 Å². The third-order valence-corrected chi connectivity index (χ3v) is 7.73. The molecular formula is C23H39N3O4. The van der Waals surface area contributed by atoms with Crippen LogP contribution in [0.15, 0.2) is 0 Å². The fourth-order valence-corrected chi connectivity index (χ4v) is 5.83. The molecular weight excluding hydrogens is 382 g/mol. The van der Waals surface area contributed by atoms with E-state index < -0.39 is 6.10 Å². The number of rotatable bonds is 8. The number of hydrogen-bond acceptors (Lipinski definition) is 5. The quantitative estimate of drug-likeness (QED) is 0.626. The van der Waals surface area contributed by atoms with Crippen molar-refractivity contribution in [2.75, 3.05) is 27.3 Å². The van der Waals surface area contributed by atoms with Gasteiger partial charge in [0.25, 0.3) is 0 Å². The van der Waals surface area contributed by atoms with Crippen LogP contribution in [0.3, 0.4) is 0 Å². The Morgan fingerprint density at radius 2 is 2.03 bits per heavy atom.